The zero-order valence-electron chi connectivity index (χ0n) is 13.8. The highest BCUT2D eigenvalue weighted by Gasteiger charge is 2.21. The van der Waals surface area contributed by atoms with Crippen LogP contribution in [0.3, 0.4) is 0 Å². The fourth-order valence-electron chi connectivity index (χ4n) is 2.46. The van der Waals surface area contributed by atoms with E-state index >= 15 is 0 Å². The SMILES string of the molecule is CCN(C)C(=O)C(C)NC(=O)c1[nH]c(=O)c2ccccc2c1C. The van der Waals surface area contributed by atoms with E-state index < -0.39 is 11.9 Å². The molecule has 2 amide bonds. The van der Waals surface area contributed by atoms with E-state index in [9.17, 15) is 14.4 Å². The van der Waals surface area contributed by atoms with E-state index in [0.29, 0.717) is 17.5 Å². The number of carbonyl (C=O) groups excluding carboxylic acids is 2. The Kier molecular flexibility index (Phi) is 4.83. The molecule has 1 aromatic heterocycles. The van der Waals surface area contributed by atoms with Crippen LogP contribution >= 0.6 is 0 Å². The number of hydrogen-bond donors (Lipinski definition) is 2. The van der Waals surface area contributed by atoms with Gasteiger partial charge in [-0.15, -0.1) is 0 Å². The van der Waals surface area contributed by atoms with E-state index in [2.05, 4.69) is 10.3 Å². The molecule has 2 aromatic rings. The number of aromatic nitrogens is 1. The maximum atomic E-state index is 12.4. The van der Waals surface area contributed by atoms with Crippen molar-refractivity contribution in [3.05, 3.63) is 45.9 Å². The van der Waals surface area contributed by atoms with Crippen LogP contribution in [0.15, 0.2) is 29.1 Å². The van der Waals surface area contributed by atoms with Gasteiger partial charge in [0, 0.05) is 19.0 Å². The standard InChI is InChI=1S/C17H21N3O3/c1-5-20(4)17(23)11(3)18-16(22)14-10(2)12-8-6-7-9-13(12)15(21)19-14/h6-9,11H,5H2,1-4H3,(H,18,22)(H,19,21). The lowest BCUT2D eigenvalue weighted by Crippen LogP contribution is -2.46. The van der Waals surface area contributed by atoms with E-state index in [-0.39, 0.29) is 17.2 Å². The second-order valence-electron chi connectivity index (χ2n) is 5.55. The number of aryl methyl sites for hydroxylation is 1. The number of nitrogens with zero attached hydrogens (tertiary/aromatic N) is 1. The van der Waals surface area contributed by atoms with Gasteiger partial charge in [0.25, 0.3) is 11.5 Å². The van der Waals surface area contributed by atoms with Crippen molar-refractivity contribution < 1.29 is 9.59 Å². The number of fused-ring (bicyclic) bond motifs is 1. The highest BCUT2D eigenvalue weighted by molar-refractivity contribution is 6.00. The van der Waals surface area contributed by atoms with E-state index in [1.165, 1.54) is 4.90 Å². The molecular formula is C17H21N3O3. The van der Waals surface area contributed by atoms with Crippen LogP contribution in [-0.4, -0.2) is 41.3 Å². The maximum Gasteiger partial charge on any atom is 0.268 e. The molecule has 0 radical (unpaired) electrons. The number of nitrogens with one attached hydrogen (secondary N) is 2. The first-order valence-corrected chi connectivity index (χ1v) is 7.54. The van der Waals surface area contributed by atoms with Gasteiger partial charge in [-0.3, -0.25) is 14.4 Å². The van der Waals surface area contributed by atoms with Crippen molar-refractivity contribution in [3.63, 3.8) is 0 Å². The van der Waals surface area contributed by atoms with Gasteiger partial charge in [0.05, 0.1) is 0 Å². The lowest BCUT2D eigenvalue weighted by Gasteiger charge is -2.21. The second kappa shape index (κ2) is 6.64. The Morgan fingerprint density at radius 2 is 1.87 bits per heavy atom. The molecule has 0 bridgehead atoms. The number of hydrogen-bond acceptors (Lipinski definition) is 3. The van der Waals surface area contributed by atoms with Gasteiger partial charge in [0.15, 0.2) is 0 Å². The molecule has 2 rings (SSSR count). The average Bonchev–Trinajstić information content (AvgIpc) is 2.56. The predicted molar refractivity (Wildman–Crippen MR) is 89.5 cm³/mol. The molecule has 0 aliphatic heterocycles. The minimum atomic E-state index is -0.665. The first kappa shape index (κ1) is 16.7. The Morgan fingerprint density at radius 1 is 1.26 bits per heavy atom. The highest BCUT2D eigenvalue weighted by atomic mass is 16.2. The smallest absolute Gasteiger partial charge is 0.268 e. The molecule has 1 heterocycles. The van der Waals surface area contributed by atoms with Crippen LogP contribution in [0.1, 0.15) is 29.9 Å². The molecule has 23 heavy (non-hydrogen) atoms. The summed E-state index contributed by atoms with van der Waals surface area (Å²) in [5, 5.41) is 3.91. The number of likely N-dealkylation sites (N-methyl/N-ethyl adjacent to an activating group) is 1. The van der Waals surface area contributed by atoms with Crippen LogP contribution in [0.25, 0.3) is 10.8 Å². The topological polar surface area (TPSA) is 82.3 Å². The van der Waals surface area contributed by atoms with Gasteiger partial charge in [-0.25, -0.2) is 0 Å². The third kappa shape index (κ3) is 3.26. The molecule has 122 valence electrons. The molecule has 1 unspecified atom stereocenters. The zero-order valence-corrected chi connectivity index (χ0v) is 13.8. The third-order valence-corrected chi connectivity index (χ3v) is 3.98. The molecule has 1 atom stereocenters. The van der Waals surface area contributed by atoms with E-state index in [1.54, 1.807) is 39.1 Å². The first-order chi connectivity index (χ1) is 10.9. The fraction of sp³-hybridized carbons (Fsp3) is 0.353. The molecule has 0 fully saturated rings. The van der Waals surface area contributed by atoms with Gasteiger partial charge in [0.2, 0.25) is 5.91 Å². The summed E-state index contributed by atoms with van der Waals surface area (Å²) in [6.45, 7) is 5.82. The van der Waals surface area contributed by atoms with E-state index in [0.717, 1.165) is 5.39 Å². The third-order valence-electron chi connectivity index (χ3n) is 3.98. The van der Waals surface area contributed by atoms with Crippen LogP contribution in [0.2, 0.25) is 0 Å². The monoisotopic (exact) mass is 315 g/mol. The van der Waals surface area contributed by atoms with Crippen molar-refractivity contribution in [3.8, 4) is 0 Å². The number of benzene rings is 1. The molecule has 0 aliphatic rings. The van der Waals surface area contributed by atoms with Crippen molar-refractivity contribution in [2.24, 2.45) is 0 Å². The summed E-state index contributed by atoms with van der Waals surface area (Å²) >= 11 is 0. The van der Waals surface area contributed by atoms with Gasteiger partial charge in [0.1, 0.15) is 11.7 Å². The number of H-pyrrole nitrogens is 1. The molecule has 0 spiro atoms. The molecule has 6 nitrogen and oxygen atoms in total. The van der Waals surface area contributed by atoms with Crippen LogP contribution in [0.5, 0.6) is 0 Å². The van der Waals surface area contributed by atoms with Crippen molar-refractivity contribution in [2.75, 3.05) is 13.6 Å². The molecule has 2 N–H and O–H groups in total. The van der Waals surface area contributed by atoms with Gasteiger partial charge >= 0.3 is 0 Å². The summed E-state index contributed by atoms with van der Waals surface area (Å²) in [7, 11) is 1.67. The largest absolute Gasteiger partial charge is 0.344 e. The van der Waals surface area contributed by atoms with Gasteiger partial charge in [-0.1, -0.05) is 18.2 Å². The van der Waals surface area contributed by atoms with Crippen molar-refractivity contribution >= 4 is 22.6 Å². The van der Waals surface area contributed by atoms with Crippen molar-refractivity contribution in [2.45, 2.75) is 26.8 Å². The Hall–Kier alpha value is -2.63. The number of aromatic amines is 1. The maximum absolute atomic E-state index is 12.4. The van der Waals surface area contributed by atoms with Crippen molar-refractivity contribution in [1.29, 1.82) is 0 Å². The summed E-state index contributed by atoms with van der Waals surface area (Å²) in [6, 6.07) is 6.44. The molecule has 0 saturated carbocycles. The fourth-order valence-corrected chi connectivity index (χ4v) is 2.46. The van der Waals surface area contributed by atoms with E-state index in [4.69, 9.17) is 0 Å². The highest BCUT2D eigenvalue weighted by Crippen LogP contribution is 2.16. The number of pyridine rings is 1. The number of rotatable bonds is 4. The second-order valence-corrected chi connectivity index (χ2v) is 5.55. The average molecular weight is 315 g/mol. The summed E-state index contributed by atoms with van der Waals surface area (Å²) < 4.78 is 0. The predicted octanol–water partition coefficient (Wildman–Crippen LogP) is 1.43. The number of amides is 2. The minimum Gasteiger partial charge on any atom is -0.344 e. The van der Waals surface area contributed by atoms with Crippen LogP contribution in [-0.2, 0) is 4.79 Å². The molecule has 0 aliphatic carbocycles. The summed E-state index contributed by atoms with van der Waals surface area (Å²) in [5.74, 6) is -0.641. The normalized spacial score (nSPS) is 12.0. The van der Waals surface area contributed by atoms with Gasteiger partial charge in [-0.05, 0) is 37.8 Å². The van der Waals surface area contributed by atoms with Gasteiger partial charge in [-0.2, -0.15) is 0 Å². The molecule has 6 heteroatoms. The number of carbonyl (C=O) groups is 2. The Labute approximate surface area is 134 Å². The summed E-state index contributed by atoms with van der Waals surface area (Å²) in [5.41, 5.74) is 0.551. The Morgan fingerprint density at radius 3 is 2.48 bits per heavy atom. The summed E-state index contributed by atoms with van der Waals surface area (Å²) in [4.78, 5) is 40.7. The van der Waals surface area contributed by atoms with Crippen LogP contribution in [0, 0.1) is 6.92 Å². The first-order valence-electron chi connectivity index (χ1n) is 7.54. The van der Waals surface area contributed by atoms with Crippen molar-refractivity contribution in [1.82, 2.24) is 15.2 Å². The van der Waals surface area contributed by atoms with Gasteiger partial charge < -0.3 is 15.2 Å². The Balaban J connectivity index is 2.34. The Bertz CT molecular complexity index is 810. The van der Waals surface area contributed by atoms with Crippen LogP contribution in [0.4, 0.5) is 0 Å². The lowest BCUT2D eigenvalue weighted by molar-refractivity contribution is -0.131. The zero-order chi connectivity index (χ0) is 17.1. The van der Waals surface area contributed by atoms with Crippen LogP contribution < -0.4 is 10.9 Å². The summed E-state index contributed by atoms with van der Waals surface area (Å²) in [6.07, 6.45) is 0. The minimum absolute atomic E-state index is 0.179. The lowest BCUT2D eigenvalue weighted by atomic mass is 10.0. The molecular weight excluding hydrogens is 294 g/mol. The molecule has 1 aromatic carbocycles. The molecule has 0 saturated heterocycles. The van der Waals surface area contributed by atoms with E-state index in [1.807, 2.05) is 13.0 Å². The quantitative estimate of drug-likeness (QED) is 0.895.